The van der Waals surface area contributed by atoms with E-state index in [4.69, 9.17) is 0 Å². The van der Waals surface area contributed by atoms with Gasteiger partial charge in [-0.2, -0.15) is 13.2 Å². The minimum atomic E-state index is -4.33. The summed E-state index contributed by atoms with van der Waals surface area (Å²) in [5.74, 6) is -0.314. The fourth-order valence-corrected chi connectivity index (χ4v) is 2.28. The minimum Gasteiger partial charge on any atom is -0.354 e. The van der Waals surface area contributed by atoms with Gasteiger partial charge in [-0.1, -0.05) is 27.2 Å². The second-order valence-electron chi connectivity index (χ2n) is 6.34. The van der Waals surface area contributed by atoms with Crippen LogP contribution in [0.15, 0.2) is 0 Å². The predicted molar refractivity (Wildman–Crippen MR) is 76.0 cm³/mol. The highest BCUT2D eigenvalue weighted by atomic mass is 19.4. The van der Waals surface area contributed by atoms with Gasteiger partial charge in [0.25, 0.3) is 0 Å². The first kappa shape index (κ1) is 18.2. The SMILES string of the molecule is CCC(C)(C)CC(=O)NCC(N1CCNCC1)C(F)(F)F. The van der Waals surface area contributed by atoms with Crippen molar-refractivity contribution in [2.24, 2.45) is 5.41 Å². The van der Waals surface area contributed by atoms with E-state index in [0.717, 1.165) is 6.42 Å². The Morgan fingerprint density at radius 1 is 1.29 bits per heavy atom. The Hall–Kier alpha value is -0.820. The maximum absolute atomic E-state index is 13.1. The summed E-state index contributed by atoms with van der Waals surface area (Å²) in [6.45, 7) is 7.25. The highest BCUT2D eigenvalue weighted by Crippen LogP contribution is 2.26. The van der Waals surface area contributed by atoms with Gasteiger partial charge in [0.15, 0.2) is 0 Å². The van der Waals surface area contributed by atoms with Gasteiger partial charge in [0.05, 0.1) is 0 Å². The van der Waals surface area contributed by atoms with Gasteiger partial charge in [0.1, 0.15) is 6.04 Å². The van der Waals surface area contributed by atoms with E-state index >= 15 is 0 Å². The van der Waals surface area contributed by atoms with Crippen LogP contribution in [0, 0.1) is 5.41 Å². The molecule has 1 aliphatic rings. The zero-order chi connectivity index (χ0) is 16.1. The third-order valence-corrected chi connectivity index (χ3v) is 4.06. The summed E-state index contributed by atoms with van der Waals surface area (Å²) in [6, 6.07) is -1.60. The van der Waals surface area contributed by atoms with Gasteiger partial charge >= 0.3 is 6.18 Å². The van der Waals surface area contributed by atoms with Crippen molar-refractivity contribution in [1.82, 2.24) is 15.5 Å². The molecule has 0 aromatic rings. The van der Waals surface area contributed by atoms with E-state index in [1.165, 1.54) is 4.90 Å². The number of halogens is 3. The van der Waals surface area contributed by atoms with Gasteiger partial charge in [-0.15, -0.1) is 0 Å². The topological polar surface area (TPSA) is 44.4 Å². The molecule has 124 valence electrons. The Balaban J connectivity index is 2.55. The van der Waals surface area contributed by atoms with Crippen LogP contribution < -0.4 is 10.6 Å². The van der Waals surface area contributed by atoms with Crippen LogP contribution in [0.3, 0.4) is 0 Å². The van der Waals surface area contributed by atoms with Crippen LogP contribution in [-0.4, -0.2) is 55.7 Å². The zero-order valence-corrected chi connectivity index (χ0v) is 13.0. The van der Waals surface area contributed by atoms with E-state index in [-0.39, 0.29) is 24.3 Å². The second kappa shape index (κ2) is 7.45. The standard InChI is InChI=1S/C14H26F3N3O/c1-4-13(2,3)9-12(21)19-10-11(14(15,16)17)20-7-5-18-6-8-20/h11,18H,4-10H2,1-3H3,(H,19,21). The summed E-state index contributed by atoms with van der Waals surface area (Å²) in [6.07, 6.45) is -3.28. The smallest absolute Gasteiger partial charge is 0.354 e. The van der Waals surface area contributed by atoms with E-state index in [0.29, 0.717) is 26.2 Å². The first-order chi connectivity index (χ1) is 9.65. The molecule has 0 aromatic heterocycles. The van der Waals surface area contributed by atoms with E-state index in [2.05, 4.69) is 10.6 Å². The van der Waals surface area contributed by atoms with Gasteiger partial charge in [-0.25, -0.2) is 0 Å². The number of alkyl halides is 3. The van der Waals surface area contributed by atoms with E-state index in [1.807, 2.05) is 20.8 Å². The number of piperazine rings is 1. The largest absolute Gasteiger partial charge is 0.405 e. The van der Waals surface area contributed by atoms with E-state index in [1.54, 1.807) is 0 Å². The van der Waals surface area contributed by atoms with Gasteiger partial charge in [0.2, 0.25) is 5.91 Å². The lowest BCUT2D eigenvalue weighted by Crippen LogP contribution is -2.57. The molecule has 0 aliphatic carbocycles. The molecule has 1 aliphatic heterocycles. The Labute approximate surface area is 124 Å². The number of amides is 1. The van der Waals surface area contributed by atoms with Gasteiger partial charge in [-0.05, 0) is 5.41 Å². The first-order valence-corrected chi connectivity index (χ1v) is 7.44. The van der Waals surface area contributed by atoms with Gasteiger partial charge in [-0.3, -0.25) is 9.69 Å². The van der Waals surface area contributed by atoms with Crippen molar-refractivity contribution in [3.05, 3.63) is 0 Å². The normalized spacial score (nSPS) is 19.3. The molecule has 2 N–H and O–H groups in total. The Kier molecular flexibility index (Phi) is 6.46. The summed E-state index contributed by atoms with van der Waals surface area (Å²) < 4.78 is 39.4. The molecule has 1 amide bonds. The monoisotopic (exact) mass is 309 g/mol. The average molecular weight is 309 g/mol. The quantitative estimate of drug-likeness (QED) is 0.786. The van der Waals surface area contributed by atoms with Crippen molar-refractivity contribution < 1.29 is 18.0 Å². The van der Waals surface area contributed by atoms with Crippen LogP contribution in [0.1, 0.15) is 33.6 Å². The molecule has 0 radical (unpaired) electrons. The average Bonchev–Trinajstić information content (AvgIpc) is 2.38. The number of hydrogen-bond acceptors (Lipinski definition) is 3. The predicted octanol–water partition coefficient (Wildman–Crippen LogP) is 1.76. The molecule has 4 nitrogen and oxygen atoms in total. The number of carbonyl (C=O) groups excluding carboxylic acids is 1. The fraction of sp³-hybridized carbons (Fsp3) is 0.929. The molecule has 7 heteroatoms. The molecule has 1 atom stereocenters. The van der Waals surface area contributed by atoms with Crippen LogP contribution in [0.4, 0.5) is 13.2 Å². The summed E-state index contributed by atoms with van der Waals surface area (Å²) in [5, 5.41) is 5.48. The maximum atomic E-state index is 13.1. The van der Waals surface area contributed by atoms with Crippen LogP contribution >= 0.6 is 0 Å². The summed E-state index contributed by atoms with van der Waals surface area (Å²) >= 11 is 0. The van der Waals surface area contributed by atoms with Crippen molar-refractivity contribution in [1.29, 1.82) is 0 Å². The van der Waals surface area contributed by atoms with Crippen molar-refractivity contribution in [2.75, 3.05) is 32.7 Å². The summed E-state index contributed by atoms with van der Waals surface area (Å²) in [5.41, 5.74) is -0.188. The minimum absolute atomic E-state index is 0.188. The summed E-state index contributed by atoms with van der Waals surface area (Å²) in [4.78, 5) is 13.2. The number of rotatable bonds is 6. The van der Waals surface area contributed by atoms with Gasteiger partial charge in [0, 0.05) is 39.1 Å². The molecular weight excluding hydrogens is 283 g/mol. The Morgan fingerprint density at radius 3 is 2.33 bits per heavy atom. The lowest BCUT2D eigenvalue weighted by atomic mass is 9.86. The molecule has 1 unspecified atom stereocenters. The number of carbonyl (C=O) groups is 1. The fourth-order valence-electron chi connectivity index (χ4n) is 2.28. The lowest BCUT2D eigenvalue weighted by molar-refractivity contribution is -0.184. The third kappa shape index (κ3) is 6.22. The molecular formula is C14H26F3N3O. The molecule has 21 heavy (non-hydrogen) atoms. The Morgan fingerprint density at radius 2 is 1.86 bits per heavy atom. The molecule has 1 fully saturated rings. The molecule has 0 aromatic carbocycles. The highest BCUT2D eigenvalue weighted by molar-refractivity contribution is 5.76. The van der Waals surface area contributed by atoms with Crippen LogP contribution in [0.2, 0.25) is 0 Å². The number of nitrogens with one attached hydrogen (secondary N) is 2. The van der Waals surface area contributed by atoms with Crippen molar-refractivity contribution in [3.8, 4) is 0 Å². The molecule has 1 rings (SSSR count). The van der Waals surface area contributed by atoms with Crippen LogP contribution in [0.5, 0.6) is 0 Å². The van der Waals surface area contributed by atoms with Crippen LogP contribution in [0.25, 0.3) is 0 Å². The lowest BCUT2D eigenvalue weighted by Gasteiger charge is -2.36. The van der Waals surface area contributed by atoms with Crippen LogP contribution in [-0.2, 0) is 4.79 Å². The van der Waals surface area contributed by atoms with Crippen molar-refractivity contribution >= 4 is 5.91 Å². The van der Waals surface area contributed by atoms with E-state index < -0.39 is 12.2 Å². The Bertz CT molecular complexity index is 339. The maximum Gasteiger partial charge on any atom is 0.405 e. The number of hydrogen-bond donors (Lipinski definition) is 2. The second-order valence-corrected chi connectivity index (χ2v) is 6.34. The molecule has 0 spiro atoms. The van der Waals surface area contributed by atoms with E-state index in [9.17, 15) is 18.0 Å². The molecule has 1 saturated heterocycles. The number of nitrogens with zero attached hydrogens (tertiary/aromatic N) is 1. The van der Waals surface area contributed by atoms with Gasteiger partial charge < -0.3 is 10.6 Å². The summed E-state index contributed by atoms with van der Waals surface area (Å²) in [7, 11) is 0. The van der Waals surface area contributed by atoms with Crippen molar-refractivity contribution in [2.45, 2.75) is 45.8 Å². The zero-order valence-electron chi connectivity index (χ0n) is 13.0. The highest BCUT2D eigenvalue weighted by Gasteiger charge is 2.43. The molecule has 0 saturated carbocycles. The molecule has 0 bridgehead atoms. The van der Waals surface area contributed by atoms with Crippen molar-refractivity contribution in [3.63, 3.8) is 0 Å². The third-order valence-electron chi connectivity index (χ3n) is 4.06. The molecule has 1 heterocycles. The first-order valence-electron chi connectivity index (χ1n) is 7.44.